The van der Waals surface area contributed by atoms with Gasteiger partial charge in [0, 0.05) is 37.4 Å². The number of esters is 1. The number of rotatable bonds is 11. The Morgan fingerprint density at radius 1 is 1.24 bits per heavy atom. The summed E-state index contributed by atoms with van der Waals surface area (Å²) in [7, 11) is 0. The van der Waals surface area contributed by atoms with E-state index >= 15 is 0 Å². The third kappa shape index (κ3) is 8.29. The van der Waals surface area contributed by atoms with Crippen molar-refractivity contribution in [3.63, 3.8) is 0 Å². The Kier molecular flexibility index (Phi) is 10.5. The second-order valence-corrected chi connectivity index (χ2v) is 9.71. The number of nitrogens with zero attached hydrogens (tertiary/aromatic N) is 1. The Bertz CT molecular complexity index is 780. The van der Waals surface area contributed by atoms with Gasteiger partial charge >= 0.3 is 5.97 Å². The molecule has 7 heteroatoms. The van der Waals surface area contributed by atoms with E-state index in [4.69, 9.17) is 25.8 Å². The van der Waals surface area contributed by atoms with E-state index in [2.05, 4.69) is 17.0 Å². The first-order valence-electron chi connectivity index (χ1n) is 12.1. The summed E-state index contributed by atoms with van der Waals surface area (Å²) in [6.45, 7) is 9.00. The standard InChI is InChI=1S/C26H38ClNO5/c1-19-8-9-20(2)25(16-19)33-18-22-21(23(27)17-24(22)29)6-4-3-5-7-26(30)32-15-12-28-10-13-31-14-11-28/h3-4,8-9,16,21-24,29H,5-7,10-15,17-18H2,1-2H3/b4-3-/t21-,22-,23-,24-/m1/s1. The summed E-state index contributed by atoms with van der Waals surface area (Å²) in [5, 5.41) is 10.4. The van der Waals surface area contributed by atoms with Gasteiger partial charge in [-0.2, -0.15) is 0 Å². The highest BCUT2D eigenvalue weighted by Crippen LogP contribution is 2.39. The number of carbonyl (C=O) groups excluding carboxylic acids is 1. The third-order valence-electron chi connectivity index (χ3n) is 6.61. The maximum Gasteiger partial charge on any atom is 0.306 e. The molecule has 1 saturated carbocycles. The lowest BCUT2D eigenvalue weighted by molar-refractivity contribution is -0.144. The fraction of sp³-hybridized carbons (Fsp3) is 0.654. The van der Waals surface area contributed by atoms with Crippen molar-refractivity contribution in [1.82, 2.24) is 4.90 Å². The van der Waals surface area contributed by atoms with Gasteiger partial charge in [0.05, 0.1) is 25.9 Å². The summed E-state index contributed by atoms with van der Waals surface area (Å²) >= 11 is 6.56. The molecule has 0 amide bonds. The second-order valence-electron chi connectivity index (χ2n) is 9.15. The lowest BCUT2D eigenvalue weighted by atomic mass is 9.92. The van der Waals surface area contributed by atoms with Crippen molar-refractivity contribution in [3.8, 4) is 5.75 Å². The number of alkyl halides is 1. The average molecular weight is 480 g/mol. The van der Waals surface area contributed by atoms with E-state index in [0.29, 0.717) is 32.5 Å². The monoisotopic (exact) mass is 479 g/mol. The van der Waals surface area contributed by atoms with Crippen molar-refractivity contribution in [3.05, 3.63) is 41.5 Å². The van der Waals surface area contributed by atoms with Gasteiger partial charge in [-0.25, -0.2) is 0 Å². The van der Waals surface area contributed by atoms with Crippen LogP contribution in [0, 0.1) is 25.7 Å². The van der Waals surface area contributed by atoms with Crippen LogP contribution in [0.25, 0.3) is 0 Å². The van der Waals surface area contributed by atoms with E-state index in [0.717, 1.165) is 56.1 Å². The molecule has 0 spiro atoms. The van der Waals surface area contributed by atoms with Crippen LogP contribution in [0.15, 0.2) is 30.4 Å². The number of halogens is 1. The normalized spacial score (nSPS) is 26.1. The number of aliphatic hydroxyl groups excluding tert-OH is 1. The summed E-state index contributed by atoms with van der Waals surface area (Å²) in [5.41, 5.74) is 2.24. The van der Waals surface area contributed by atoms with Crippen molar-refractivity contribution in [1.29, 1.82) is 0 Å². The Morgan fingerprint density at radius 3 is 2.82 bits per heavy atom. The largest absolute Gasteiger partial charge is 0.493 e. The fourth-order valence-electron chi connectivity index (χ4n) is 4.50. The SMILES string of the molecule is Cc1ccc(C)c(OC[C@@H]2[C@@H](C/C=C\CCC(=O)OCCN3CCOCC3)[C@H](Cl)C[C@H]2O)c1. The molecule has 6 nitrogen and oxygen atoms in total. The zero-order valence-corrected chi connectivity index (χ0v) is 20.6. The second kappa shape index (κ2) is 13.3. The molecule has 1 heterocycles. The van der Waals surface area contributed by atoms with Crippen LogP contribution in [0.4, 0.5) is 0 Å². The molecular weight excluding hydrogens is 442 g/mol. The predicted octanol–water partition coefficient (Wildman–Crippen LogP) is 3.89. The van der Waals surface area contributed by atoms with Gasteiger partial charge in [-0.3, -0.25) is 9.69 Å². The molecule has 3 rings (SSSR count). The molecule has 0 aromatic heterocycles. The number of aryl methyl sites for hydroxylation is 2. The average Bonchev–Trinajstić information content (AvgIpc) is 3.07. The van der Waals surface area contributed by atoms with Crippen molar-refractivity contribution < 1.29 is 24.1 Å². The van der Waals surface area contributed by atoms with Crippen LogP contribution < -0.4 is 4.74 Å². The number of aliphatic hydroxyl groups is 1. The van der Waals surface area contributed by atoms with Gasteiger partial charge < -0.3 is 19.3 Å². The molecule has 0 unspecified atom stereocenters. The smallest absolute Gasteiger partial charge is 0.306 e. The Labute approximate surface area is 202 Å². The van der Waals surface area contributed by atoms with Crippen molar-refractivity contribution in [2.45, 2.75) is 51.0 Å². The van der Waals surface area contributed by atoms with Crippen molar-refractivity contribution in [2.75, 3.05) is 46.1 Å². The van der Waals surface area contributed by atoms with Crippen molar-refractivity contribution >= 4 is 17.6 Å². The topological polar surface area (TPSA) is 68.2 Å². The van der Waals surface area contributed by atoms with Gasteiger partial charge in [0.2, 0.25) is 0 Å². The van der Waals surface area contributed by atoms with Crippen LogP contribution in [0.2, 0.25) is 0 Å². The number of carbonyl (C=O) groups is 1. The first-order valence-corrected chi connectivity index (χ1v) is 12.5. The summed E-state index contributed by atoms with van der Waals surface area (Å²) in [6, 6.07) is 6.15. The molecule has 33 heavy (non-hydrogen) atoms. The molecular formula is C26H38ClNO5. The van der Waals surface area contributed by atoms with Crippen LogP contribution in [0.3, 0.4) is 0 Å². The van der Waals surface area contributed by atoms with E-state index in [1.807, 2.05) is 32.1 Å². The molecule has 0 bridgehead atoms. The van der Waals surface area contributed by atoms with E-state index < -0.39 is 6.10 Å². The molecule has 1 aromatic rings. The quantitative estimate of drug-likeness (QED) is 0.295. The number of ether oxygens (including phenoxy) is 3. The zero-order valence-electron chi connectivity index (χ0n) is 19.9. The minimum atomic E-state index is -0.461. The molecule has 1 aromatic carbocycles. The molecule has 1 saturated heterocycles. The molecule has 1 aliphatic carbocycles. The Morgan fingerprint density at radius 2 is 2.03 bits per heavy atom. The maximum absolute atomic E-state index is 12.0. The minimum absolute atomic E-state index is 0.0118. The summed E-state index contributed by atoms with van der Waals surface area (Å²) in [6.07, 6.45) is 5.98. The van der Waals surface area contributed by atoms with Crippen LogP contribution in [0.1, 0.15) is 36.8 Å². The van der Waals surface area contributed by atoms with Gasteiger partial charge in [-0.1, -0.05) is 24.3 Å². The molecule has 184 valence electrons. The summed E-state index contributed by atoms with van der Waals surface area (Å²) in [5.74, 6) is 0.826. The molecule has 4 atom stereocenters. The van der Waals surface area contributed by atoms with E-state index in [9.17, 15) is 9.90 Å². The van der Waals surface area contributed by atoms with Crippen LogP contribution in [-0.4, -0.2) is 73.5 Å². The molecule has 1 aliphatic heterocycles. The van der Waals surface area contributed by atoms with Crippen LogP contribution in [-0.2, 0) is 14.3 Å². The summed E-state index contributed by atoms with van der Waals surface area (Å²) < 4.78 is 16.7. The van der Waals surface area contributed by atoms with Gasteiger partial charge in [0.1, 0.15) is 12.4 Å². The highest BCUT2D eigenvalue weighted by atomic mass is 35.5. The molecule has 2 aliphatic rings. The Balaban J connectivity index is 1.37. The number of hydrogen-bond donors (Lipinski definition) is 1. The number of benzene rings is 1. The molecule has 1 N–H and O–H groups in total. The number of hydrogen-bond acceptors (Lipinski definition) is 6. The maximum atomic E-state index is 12.0. The van der Waals surface area contributed by atoms with Gasteiger partial charge in [-0.15, -0.1) is 11.6 Å². The van der Waals surface area contributed by atoms with E-state index in [-0.39, 0.29) is 23.2 Å². The molecule has 0 radical (unpaired) electrons. The molecule has 2 fully saturated rings. The van der Waals surface area contributed by atoms with Gasteiger partial charge in [0.15, 0.2) is 0 Å². The first kappa shape index (κ1) is 26.0. The Hall–Kier alpha value is -1.60. The van der Waals surface area contributed by atoms with E-state index in [1.165, 1.54) is 0 Å². The van der Waals surface area contributed by atoms with Gasteiger partial charge in [0.25, 0.3) is 0 Å². The highest BCUT2D eigenvalue weighted by molar-refractivity contribution is 6.21. The number of allylic oxidation sites excluding steroid dienone is 2. The van der Waals surface area contributed by atoms with Crippen LogP contribution in [0.5, 0.6) is 5.75 Å². The summed E-state index contributed by atoms with van der Waals surface area (Å²) in [4.78, 5) is 14.2. The lowest BCUT2D eigenvalue weighted by Gasteiger charge is -2.26. The zero-order chi connectivity index (χ0) is 23.6. The number of morpholine rings is 1. The predicted molar refractivity (Wildman–Crippen MR) is 130 cm³/mol. The fourth-order valence-corrected chi connectivity index (χ4v) is 4.97. The van der Waals surface area contributed by atoms with Gasteiger partial charge in [-0.05, 0) is 56.2 Å². The van der Waals surface area contributed by atoms with E-state index in [1.54, 1.807) is 0 Å². The minimum Gasteiger partial charge on any atom is -0.493 e. The third-order valence-corrected chi connectivity index (χ3v) is 7.12. The highest BCUT2D eigenvalue weighted by Gasteiger charge is 2.41. The van der Waals surface area contributed by atoms with Crippen LogP contribution >= 0.6 is 11.6 Å². The lowest BCUT2D eigenvalue weighted by Crippen LogP contribution is -2.38. The first-order chi connectivity index (χ1) is 15.9. The van der Waals surface area contributed by atoms with Crippen molar-refractivity contribution in [2.24, 2.45) is 11.8 Å².